The number of aliphatic hydroxyl groups excluding tert-OH is 1. The lowest BCUT2D eigenvalue weighted by Crippen LogP contribution is -2.32. The molecule has 2 aromatic heterocycles. The van der Waals surface area contributed by atoms with Crippen molar-refractivity contribution >= 4 is 16.9 Å². The fourth-order valence-electron chi connectivity index (χ4n) is 3.77. The highest BCUT2D eigenvalue weighted by Gasteiger charge is 2.33. The first-order valence-electron chi connectivity index (χ1n) is 8.26. The molecule has 6 nitrogen and oxygen atoms in total. The van der Waals surface area contributed by atoms with E-state index in [1.54, 1.807) is 12.1 Å². The zero-order valence-corrected chi connectivity index (χ0v) is 14.0. The number of cyclic esters (lactones) is 1. The Morgan fingerprint density at radius 3 is 2.81 bits per heavy atom. The van der Waals surface area contributed by atoms with Crippen LogP contribution in [0.15, 0.2) is 23.0 Å². The molecule has 1 unspecified atom stereocenters. The van der Waals surface area contributed by atoms with Gasteiger partial charge in [-0.05, 0) is 24.6 Å². The van der Waals surface area contributed by atoms with Crippen LogP contribution in [-0.4, -0.2) is 20.6 Å². The van der Waals surface area contributed by atoms with Gasteiger partial charge in [0, 0.05) is 22.6 Å². The summed E-state index contributed by atoms with van der Waals surface area (Å²) in [5.74, 6) is -2.73. The Labute approximate surface area is 150 Å². The summed E-state index contributed by atoms with van der Waals surface area (Å²) in [7, 11) is 0. The van der Waals surface area contributed by atoms with E-state index in [-0.39, 0.29) is 40.9 Å². The van der Waals surface area contributed by atoms with Crippen LogP contribution in [0.4, 0.5) is 8.78 Å². The van der Waals surface area contributed by atoms with Gasteiger partial charge in [0.25, 0.3) is 5.56 Å². The Morgan fingerprint density at radius 1 is 1.26 bits per heavy atom. The van der Waals surface area contributed by atoms with Gasteiger partial charge < -0.3 is 14.4 Å². The summed E-state index contributed by atoms with van der Waals surface area (Å²) < 4.78 is 34.0. The number of carbonyl (C=O) groups excluding carboxylic acids is 1. The number of benzene rings is 1. The zero-order chi connectivity index (χ0) is 19.0. The van der Waals surface area contributed by atoms with Crippen LogP contribution in [0.3, 0.4) is 0 Å². The summed E-state index contributed by atoms with van der Waals surface area (Å²) in [5.41, 5.74) is 1.99. The van der Waals surface area contributed by atoms with Gasteiger partial charge in [0.15, 0.2) is 17.7 Å². The minimum Gasteiger partial charge on any atom is -0.458 e. The van der Waals surface area contributed by atoms with Crippen molar-refractivity contribution in [1.82, 2.24) is 9.55 Å². The lowest BCUT2D eigenvalue weighted by Gasteiger charge is -2.21. The predicted molar refractivity (Wildman–Crippen MR) is 89.9 cm³/mol. The molecule has 0 radical (unpaired) electrons. The molecule has 0 amide bonds. The van der Waals surface area contributed by atoms with Gasteiger partial charge in [-0.3, -0.25) is 4.79 Å². The molecule has 2 aliphatic rings. The first-order chi connectivity index (χ1) is 12.9. The average molecular weight is 370 g/mol. The molecule has 1 aromatic carbocycles. The Kier molecular flexibility index (Phi) is 3.09. The number of aliphatic hydroxyl groups is 1. The minimum absolute atomic E-state index is 0.150. The summed E-state index contributed by atoms with van der Waals surface area (Å²) >= 11 is 0. The van der Waals surface area contributed by atoms with Gasteiger partial charge in [-0.15, -0.1) is 0 Å². The largest absolute Gasteiger partial charge is 0.458 e. The summed E-state index contributed by atoms with van der Waals surface area (Å²) in [6.07, 6.45) is -1.54. The highest BCUT2D eigenvalue weighted by atomic mass is 19.2. The number of halogens is 2. The highest BCUT2D eigenvalue weighted by Crippen LogP contribution is 2.36. The van der Waals surface area contributed by atoms with Crippen LogP contribution >= 0.6 is 0 Å². The van der Waals surface area contributed by atoms with Gasteiger partial charge >= 0.3 is 5.97 Å². The number of esters is 1. The maximum Gasteiger partial charge on any atom is 0.340 e. The highest BCUT2D eigenvalue weighted by molar-refractivity contribution is 5.87. The average Bonchev–Trinajstić information content (AvgIpc) is 3.00. The Balaban J connectivity index is 1.80. The fourth-order valence-corrected chi connectivity index (χ4v) is 3.77. The van der Waals surface area contributed by atoms with E-state index in [0.717, 1.165) is 6.07 Å². The monoisotopic (exact) mass is 370 g/mol. The van der Waals surface area contributed by atoms with Gasteiger partial charge in [-0.1, -0.05) is 0 Å². The first kappa shape index (κ1) is 16.1. The van der Waals surface area contributed by atoms with Crippen molar-refractivity contribution in [3.05, 3.63) is 62.4 Å². The molecule has 0 fully saturated rings. The molecule has 1 atom stereocenters. The zero-order valence-electron chi connectivity index (χ0n) is 14.0. The molecule has 0 spiro atoms. The van der Waals surface area contributed by atoms with Crippen LogP contribution in [0.2, 0.25) is 0 Å². The Morgan fingerprint density at radius 2 is 2.04 bits per heavy atom. The number of carbonyl (C=O) groups is 1. The third kappa shape index (κ3) is 2.04. The second kappa shape index (κ2) is 5.20. The molecular formula is C19H12F2N2O4. The van der Waals surface area contributed by atoms with Gasteiger partial charge in [0.1, 0.15) is 6.61 Å². The third-order valence-electron chi connectivity index (χ3n) is 5.22. The van der Waals surface area contributed by atoms with Crippen LogP contribution < -0.4 is 5.56 Å². The minimum atomic E-state index is -1.54. The number of pyridine rings is 2. The molecule has 1 N–H and O–H groups in total. The lowest BCUT2D eigenvalue weighted by atomic mass is 10.00. The molecule has 0 bridgehead atoms. The van der Waals surface area contributed by atoms with E-state index in [4.69, 9.17) is 4.74 Å². The van der Waals surface area contributed by atoms with Crippen LogP contribution in [0, 0.1) is 18.6 Å². The number of hydrogen-bond acceptors (Lipinski definition) is 5. The molecule has 2 aliphatic heterocycles. The predicted octanol–water partition coefficient (Wildman–Crippen LogP) is 2.10. The maximum absolute atomic E-state index is 13.9. The second-order valence-corrected chi connectivity index (χ2v) is 6.73. The van der Waals surface area contributed by atoms with E-state index in [2.05, 4.69) is 4.98 Å². The Bertz CT molecular complexity index is 1250. The van der Waals surface area contributed by atoms with E-state index >= 15 is 0 Å². The van der Waals surface area contributed by atoms with Crippen molar-refractivity contribution in [3.8, 4) is 11.4 Å². The molecule has 0 saturated heterocycles. The number of nitrogens with zero attached hydrogens (tertiary/aromatic N) is 2. The van der Waals surface area contributed by atoms with Gasteiger partial charge in [-0.2, -0.15) is 0 Å². The second-order valence-electron chi connectivity index (χ2n) is 6.73. The van der Waals surface area contributed by atoms with Crippen molar-refractivity contribution in [3.63, 3.8) is 0 Å². The summed E-state index contributed by atoms with van der Waals surface area (Å²) in [6, 6.07) is 4.25. The van der Waals surface area contributed by atoms with Crippen LogP contribution in [-0.2, 0) is 22.7 Å². The first-order valence-corrected chi connectivity index (χ1v) is 8.26. The summed E-state index contributed by atoms with van der Waals surface area (Å²) in [5, 5.41) is 10.5. The molecule has 5 rings (SSSR count). The third-order valence-corrected chi connectivity index (χ3v) is 5.22. The van der Waals surface area contributed by atoms with E-state index in [1.807, 2.05) is 0 Å². The summed E-state index contributed by atoms with van der Waals surface area (Å²) in [4.78, 5) is 28.9. The number of rotatable bonds is 0. The number of hydrogen-bond donors (Lipinski definition) is 1. The van der Waals surface area contributed by atoms with E-state index in [9.17, 15) is 23.5 Å². The van der Waals surface area contributed by atoms with Crippen molar-refractivity contribution in [2.24, 2.45) is 0 Å². The molecule has 0 aliphatic carbocycles. The quantitative estimate of drug-likeness (QED) is 0.480. The SMILES string of the molecule is Cc1c(F)c(F)cc2nc3c(cc12)Cn1c-3cc2c(c1=O)COC(=O)C2O. The number of ether oxygens (including phenoxy) is 1. The maximum atomic E-state index is 13.9. The molecular weight excluding hydrogens is 358 g/mol. The molecule has 8 heteroatoms. The van der Waals surface area contributed by atoms with E-state index < -0.39 is 23.7 Å². The van der Waals surface area contributed by atoms with Gasteiger partial charge in [0.05, 0.1) is 29.0 Å². The molecule has 136 valence electrons. The standard InChI is InChI=1S/C19H12F2N2O4/c1-7-9-2-8-5-23-14(16(8)22-13(9)4-12(20)15(7)21)3-10-11(18(23)25)6-27-19(26)17(10)24/h2-4,17,24H,5-6H2,1H3. The van der Waals surface area contributed by atoms with Gasteiger partial charge in [-0.25, -0.2) is 18.6 Å². The van der Waals surface area contributed by atoms with Crippen molar-refractivity contribution in [2.45, 2.75) is 26.2 Å². The molecule has 27 heavy (non-hydrogen) atoms. The van der Waals surface area contributed by atoms with Crippen LogP contribution in [0.1, 0.15) is 28.4 Å². The Hall–Kier alpha value is -3.13. The topological polar surface area (TPSA) is 81.4 Å². The smallest absolute Gasteiger partial charge is 0.340 e. The normalized spacial score (nSPS) is 17.5. The molecule has 0 saturated carbocycles. The number of aromatic nitrogens is 2. The number of aryl methyl sites for hydroxylation is 1. The van der Waals surface area contributed by atoms with Crippen molar-refractivity contribution < 1.29 is 23.4 Å². The summed E-state index contributed by atoms with van der Waals surface area (Å²) in [6.45, 7) is 1.48. The molecule has 3 aromatic rings. The van der Waals surface area contributed by atoms with Crippen molar-refractivity contribution in [1.29, 1.82) is 0 Å². The van der Waals surface area contributed by atoms with Crippen molar-refractivity contribution in [2.75, 3.05) is 0 Å². The fraction of sp³-hybridized carbons (Fsp3) is 0.211. The van der Waals surface area contributed by atoms with Gasteiger partial charge in [0.2, 0.25) is 0 Å². The number of fused-ring (bicyclic) bond motifs is 5. The van der Waals surface area contributed by atoms with E-state index in [1.165, 1.54) is 11.5 Å². The van der Waals surface area contributed by atoms with Crippen LogP contribution in [0.25, 0.3) is 22.3 Å². The van der Waals surface area contributed by atoms with E-state index in [0.29, 0.717) is 22.3 Å². The lowest BCUT2D eigenvalue weighted by molar-refractivity contribution is -0.157. The molecule has 4 heterocycles. The van der Waals surface area contributed by atoms with Crippen LogP contribution in [0.5, 0.6) is 0 Å².